The van der Waals surface area contributed by atoms with Gasteiger partial charge in [0.2, 0.25) is 0 Å². The van der Waals surface area contributed by atoms with Crippen LogP contribution in [0.2, 0.25) is 0 Å². The lowest BCUT2D eigenvalue weighted by atomic mass is 9.46. The molecular weight excluding hydrogens is 476 g/mol. The second kappa shape index (κ2) is 13.5. The van der Waals surface area contributed by atoms with E-state index in [9.17, 15) is 5.11 Å². The van der Waals surface area contributed by atoms with Crippen LogP contribution in [-0.4, -0.2) is 62.1 Å². The van der Waals surface area contributed by atoms with Gasteiger partial charge in [0.1, 0.15) is 0 Å². The third-order valence-electron chi connectivity index (χ3n) is 11.5. The zero-order valence-electron chi connectivity index (χ0n) is 25.1. The van der Waals surface area contributed by atoms with Gasteiger partial charge in [-0.1, -0.05) is 65.5 Å². The van der Waals surface area contributed by atoms with Gasteiger partial charge in [0.05, 0.1) is 51.8 Å². The van der Waals surface area contributed by atoms with Gasteiger partial charge in [-0.15, -0.1) is 0 Å². The highest BCUT2D eigenvalue weighted by atomic mass is 16.5. The van der Waals surface area contributed by atoms with E-state index in [0.717, 1.165) is 42.4 Å². The van der Waals surface area contributed by atoms with Gasteiger partial charge in [-0.25, -0.2) is 0 Å². The summed E-state index contributed by atoms with van der Waals surface area (Å²) in [6.07, 6.45) is 14.6. The summed E-state index contributed by atoms with van der Waals surface area (Å²) in [6, 6.07) is 0. The molecule has 5 heteroatoms. The summed E-state index contributed by atoms with van der Waals surface area (Å²) < 4.78 is 17.5. The molecule has 0 aliphatic heterocycles. The first-order valence-electron chi connectivity index (χ1n) is 16.0. The minimum absolute atomic E-state index is 0.0225. The molecular formula is C33H58O5. The lowest BCUT2D eigenvalue weighted by Gasteiger charge is -2.60. The number of hydrogen-bond donors (Lipinski definition) is 2. The summed E-state index contributed by atoms with van der Waals surface area (Å²) in [5, 5.41) is 19.6. The molecule has 5 nitrogen and oxygen atoms in total. The molecule has 0 aromatic carbocycles. The summed E-state index contributed by atoms with van der Waals surface area (Å²) in [7, 11) is 0. The van der Waals surface area contributed by atoms with Crippen LogP contribution in [0.1, 0.15) is 98.8 Å². The molecule has 0 saturated heterocycles. The van der Waals surface area contributed by atoms with Crippen molar-refractivity contribution in [3.63, 3.8) is 0 Å². The van der Waals surface area contributed by atoms with Gasteiger partial charge in [0.25, 0.3) is 0 Å². The quantitative estimate of drug-likeness (QED) is 0.199. The Morgan fingerprint density at radius 3 is 2.42 bits per heavy atom. The van der Waals surface area contributed by atoms with Crippen LogP contribution < -0.4 is 0 Å². The Bertz CT molecular complexity index is 766. The van der Waals surface area contributed by atoms with Crippen LogP contribution >= 0.6 is 0 Å². The fourth-order valence-corrected chi connectivity index (χ4v) is 9.58. The van der Waals surface area contributed by atoms with Crippen molar-refractivity contribution >= 4 is 0 Å². The van der Waals surface area contributed by atoms with E-state index in [2.05, 4.69) is 40.7 Å². The first-order valence-corrected chi connectivity index (χ1v) is 16.0. The van der Waals surface area contributed by atoms with Crippen molar-refractivity contribution in [2.24, 2.45) is 46.3 Å². The van der Waals surface area contributed by atoms with Crippen molar-refractivity contribution in [2.75, 3.05) is 39.6 Å². The largest absolute Gasteiger partial charge is 0.394 e. The summed E-state index contributed by atoms with van der Waals surface area (Å²) in [5.41, 5.74) is 1.96. The summed E-state index contributed by atoms with van der Waals surface area (Å²) in [6.45, 7) is 14.9. The van der Waals surface area contributed by atoms with Crippen molar-refractivity contribution in [1.29, 1.82) is 0 Å². The van der Waals surface area contributed by atoms with Crippen LogP contribution in [0.3, 0.4) is 0 Å². The minimum Gasteiger partial charge on any atom is -0.394 e. The van der Waals surface area contributed by atoms with Crippen molar-refractivity contribution in [3.05, 3.63) is 11.6 Å². The molecule has 0 amide bonds. The molecule has 4 rings (SSSR count). The molecule has 38 heavy (non-hydrogen) atoms. The third kappa shape index (κ3) is 6.38. The van der Waals surface area contributed by atoms with E-state index in [1.165, 1.54) is 56.9 Å². The van der Waals surface area contributed by atoms with E-state index in [1.807, 2.05) is 0 Å². The Labute approximate surface area is 233 Å². The van der Waals surface area contributed by atoms with Crippen LogP contribution in [-0.2, 0) is 14.2 Å². The van der Waals surface area contributed by atoms with Crippen molar-refractivity contribution in [1.82, 2.24) is 0 Å². The Kier molecular flexibility index (Phi) is 10.8. The number of fused-ring (bicyclic) bond motifs is 5. The molecule has 2 N–H and O–H groups in total. The van der Waals surface area contributed by atoms with Gasteiger partial charge in [-0.05, 0) is 79.4 Å². The molecule has 4 aliphatic carbocycles. The molecule has 0 radical (unpaired) electrons. The Morgan fingerprint density at radius 1 is 0.947 bits per heavy atom. The first kappa shape index (κ1) is 30.5. The van der Waals surface area contributed by atoms with Gasteiger partial charge in [-0.2, -0.15) is 0 Å². The van der Waals surface area contributed by atoms with E-state index in [4.69, 9.17) is 19.3 Å². The lowest BCUT2D eigenvalue weighted by Crippen LogP contribution is -2.56. The topological polar surface area (TPSA) is 68.2 Å². The molecule has 1 unspecified atom stereocenters. The highest BCUT2D eigenvalue weighted by Crippen LogP contribution is 2.67. The number of hydrogen-bond acceptors (Lipinski definition) is 5. The number of allylic oxidation sites excluding steroid dienone is 1. The van der Waals surface area contributed by atoms with E-state index in [-0.39, 0.29) is 24.2 Å². The number of aliphatic hydroxyl groups is 2. The van der Waals surface area contributed by atoms with E-state index < -0.39 is 0 Å². The van der Waals surface area contributed by atoms with Crippen LogP contribution in [0, 0.1) is 46.3 Å². The second-order valence-corrected chi connectivity index (χ2v) is 14.1. The van der Waals surface area contributed by atoms with E-state index in [1.54, 1.807) is 0 Å². The van der Waals surface area contributed by atoms with Gasteiger partial charge in [0, 0.05) is 11.8 Å². The average molecular weight is 535 g/mol. The standard InChI is InChI=1S/C33H58O5/c1-23(2)7-6-8-24(3)28-11-12-29-27-10-9-25-21-26(35)22-31(38-20-19-37-18-17-36-16-15-34)33(25,5)30(27)13-14-32(28,29)4/h9,23-24,26-31,34-35H,6-8,10-22H2,1-5H3/t24-,26-,27+,28-,29+,30+,31?,32-,33+/m1/s1. The average Bonchev–Trinajstić information content (AvgIpc) is 3.23. The van der Waals surface area contributed by atoms with Crippen LogP contribution in [0.15, 0.2) is 11.6 Å². The number of ether oxygens (including phenoxy) is 3. The Hall–Kier alpha value is -0.460. The number of rotatable bonds is 14. The van der Waals surface area contributed by atoms with Gasteiger partial charge < -0.3 is 24.4 Å². The molecule has 0 heterocycles. The van der Waals surface area contributed by atoms with Crippen LogP contribution in [0.5, 0.6) is 0 Å². The minimum atomic E-state index is -0.305. The molecule has 9 atom stereocenters. The molecule has 3 saturated carbocycles. The SMILES string of the molecule is CC(C)CCC[C@@H](C)[C@H]1CC[C@H]2[C@@H]3CC=C4C[C@@H](O)CC(OCCOCCOCCO)[C@]4(C)[C@H]3CC[C@]12C. The summed E-state index contributed by atoms with van der Waals surface area (Å²) in [4.78, 5) is 0. The van der Waals surface area contributed by atoms with E-state index in [0.29, 0.717) is 44.4 Å². The number of aliphatic hydroxyl groups excluding tert-OH is 2. The lowest BCUT2D eigenvalue weighted by molar-refractivity contribution is -0.137. The maximum atomic E-state index is 10.8. The van der Waals surface area contributed by atoms with Crippen molar-refractivity contribution < 1.29 is 24.4 Å². The van der Waals surface area contributed by atoms with Crippen LogP contribution in [0.4, 0.5) is 0 Å². The Balaban J connectivity index is 1.40. The maximum absolute atomic E-state index is 10.8. The Morgan fingerprint density at radius 2 is 1.68 bits per heavy atom. The normalized spacial score (nSPS) is 39.4. The third-order valence-corrected chi connectivity index (χ3v) is 11.5. The maximum Gasteiger partial charge on any atom is 0.0704 e. The summed E-state index contributed by atoms with van der Waals surface area (Å²) in [5.74, 6) is 4.74. The van der Waals surface area contributed by atoms with Gasteiger partial charge in [-0.3, -0.25) is 0 Å². The van der Waals surface area contributed by atoms with Crippen LogP contribution in [0.25, 0.3) is 0 Å². The van der Waals surface area contributed by atoms with E-state index >= 15 is 0 Å². The van der Waals surface area contributed by atoms with Gasteiger partial charge in [0.15, 0.2) is 0 Å². The zero-order valence-corrected chi connectivity index (χ0v) is 25.1. The van der Waals surface area contributed by atoms with Crippen molar-refractivity contribution in [2.45, 2.75) is 111 Å². The predicted molar refractivity (Wildman–Crippen MR) is 153 cm³/mol. The zero-order chi connectivity index (χ0) is 27.3. The highest BCUT2D eigenvalue weighted by molar-refractivity contribution is 5.28. The molecule has 0 bridgehead atoms. The monoisotopic (exact) mass is 534 g/mol. The molecule has 0 aromatic heterocycles. The second-order valence-electron chi connectivity index (χ2n) is 14.1. The summed E-state index contributed by atoms with van der Waals surface area (Å²) >= 11 is 0. The smallest absolute Gasteiger partial charge is 0.0704 e. The fraction of sp³-hybridized carbons (Fsp3) is 0.939. The molecule has 4 aliphatic rings. The molecule has 220 valence electrons. The molecule has 0 aromatic rings. The molecule has 0 spiro atoms. The first-order chi connectivity index (χ1) is 18.2. The van der Waals surface area contributed by atoms with Crippen molar-refractivity contribution in [3.8, 4) is 0 Å². The van der Waals surface area contributed by atoms with Gasteiger partial charge >= 0.3 is 0 Å². The molecule has 3 fully saturated rings. The fourth-order valence-electron chi connectivity index (χ4n) is 9.58. The predicted octanol–water partition coefficient (Wildman–Crippen LogP) is 6.41. The highest BCUT2D eigenvalue weighted by Gasteiger charge is 2.61.